The van der Waals surface area contributed by atoms with Gasteiger partial charge in [-0.2, -0.15) is 9.97 Å². The Balaban J connectivity index is 0.000000108. The summed E-state index contributed by atoms with van der Waals surface area (Å²) in [4.78, 5) is 46.3. The van der Waals surface area contributed by atoms with E-state index < -0.39 is 0 Å². The van der Waals surface area contributed by atoms with Crippen molar-refractivity contribution in [1.82, 2.24) is 58.6 Å². The molecule has 0 saturated carbocycles. The summed E-state index contributed by atoms with van der Waals surface area (Å²) in [6.45, 7) is 0. The predicted octanol–water partition coefficient (Wildman–Crippen LogP) is 36.0. The maximum atomic E-state index is 5.25. The van der Waals surface area contributed by atoms with Crippen LogP contribution in [-0.2, 0) is 0 Å². The normalized spacial score (nSPS) is 11.6. The van der Waals surface area contributed by atoms with E-state index in [0.29, 0.717) is 52.5 Å². The summed E-state index contributed by atoms with van der Waals surface area (Å²) in [5.41, 5.74) is 25.7. The number of rotatable bonds is 15. The third-order valence-electron chi connectivity index (χ3n) is 28.4. The Bertz CT molecular complexity index is 10500. The SMILES string of the molecule is c1ccc(-c2ccc(-c3nc(-c4ccccc4)nc(-c4ccccc4-n4c5ccccc5c5c6c(ccc54)sc4ccccc46)n3)cc2)cc1.c1ccc(-c2ccc(-c3nc(-c4ccccc4)nc(-n4c5ccccc5c5ccc6c7cccc(-c8ccccc8)c7sc6c54)n3)cc2)cc1.c1ccc(-c2cccc(-c3nc(-c4ccccc4)nc(-c4ccccc4-n4c5ccccc5c5cc6c(cc54)sc4ccccc46)n3)c2)cc1. The van der Waals surface area contributed by atoms with Crippen LogP contribution in [0.3, 0.4) is 0 Å². The van der Waals surface area contributed by atoms with E-state index in [-0.39, 0.29) is 0 Å². The van der Waals surface area contributed by atoms with E-state index in [1.807, 2.05) is 107 Å². The highest BCUT2D eigenvalue weighted by Gasteiger charge is 2.28. The second kappa shape index (κ2) is 37.7. The zero-order chi connectivity index (χ0) is 99.1. The zero-order valence-electron chi connectivity index (χ0n) is 80.6. The Morgan fingerprint density at radius 1 is 0.147 bits per heavy atom. The van der Waals surface area contributed by atoms with Crippen molar-refractivity contribution in [2.75, 3.05) is 0 Å². The van der Waals surface area contributed by atoms with Gasteiger partial charge >= 0.3 is 0 Å². The van der Waals surface area contributed by atoms with Gasteiger partial charge in [-0.05, 0) is 129 Å². The minimum absolute atomic E-state index is 0.598. The molecule has 150 heavy (non-hydrogen) atoms. The number of hydrogen-bond donors (Lipinski definition) is 0. The number of para-hydroxylation sites is 5. The standard InChI is InChI=1S/3C45H28N4S/c1-4-13-29(14-5-1)30-23-25-33(26-24-30)44-46-43(32-17-8-3-9-18-32)47-45(48-44)49-39-22-11-10-19-35(39)36-27-28-38-37-21-12-20-34(31-15-6-2-7-16-31)41(37)50-42(38)40(36)49;1-3-14-29(15-4-1)31-18-13-19-32(26-31)44-46-43(30-16-5-2-6-17-30)47-45(48-44)35-22-8-11-24-39(35)49-38-23-10-7-20-33(38)36-27-37-34-21-9-12-25-41(34)50-42(37)28-40(36)49;1-3-13-29(14-4-1)30-23-25-32(26-24-30)44-46-43(31-15-5-2-6-16-31)47-45(48-44)34-18-8-11-21-37(34)49-36-20-10-7-17-33(36)41-38(49)27-28-40-42(41)35-19-9-12-22-39(35)50-40/h3*1-28H. The number of benzene rings is 21. The van der Waals surface area contributed by atoms with Crippen molar-refractivity contribution in [3.8, 4) is 153 Å². The zero-order valence-corrected chi connectivity index (χ0v) is 83.0. The third-order valence-corrected chi connectivity index (χ3v) is 32.0. The molecule has 0 amide bonds. The lowest BCUT2D eigenvalue weighted by atomic mass is 10.0. The first-order valence-electron chi connectivity index (χ1n) is 50.1. The van der Waals surface area contributed by atoms with Crippen LogP contribution in [0.25, 0.3) is 279 Å². The highest BCUT2D eigenvalue weighted by molar-refractivity contribution is 7.27. The summed E-state index contributed by atoms with van der Waals surface area (Å²) in [6.07, 6.45) is 0. The number of nitrogens with zero attached hydrogens (tertiary/aromatic N) is 12. The molecule has 0 unspecified atom stereocenters. The van der Waals surface area contributed by atoms with Crippen LogP contribution in [0.1, 0.15) is 0 Å². The van der Waals surface area contributed by atoms with E-state index in [1.54, 1.807) is 0 Å². The molecule has 0 spiro atoms. The average Bonchev–Trinajstić information content (AvgIpc) is 1.56. The molecule has 0 aliphatic heterocycles. The number of fused-ring (bicyclic) bond motifs is 20. The van der Waals surface area contributed by atoms with Gasteiger partial charge in [-0.3, -0.25) is 4.57 Å². The van der Waals surface area contributed by atoms with Crippen LogP contribution in [0.2, 0.25) is 0 Å². The summed E-state index contributed by atoms with van der Waals surface area (Å²) in [7, 11) is 0. The maximum absolute atomic E-state index is 5.25. The molecule has 30 rings (SSSR count). The Hall–Kier alpha value is -19.3. The molecule has 0 N–H and O–H groups in total. The van der Waals surface area contributed by atoms with Crippen LogP contribution in [0, 0.1) is 0 Å². The smallest absolute Gasteiger partial charge is 0.238 e. The van der Waals surface area contributed by atoms with Crippen LogP contribution in [0.5, 0.6) is 0 Å². The first-order valence-corrected chi connectivity index (χ1v) is 52.6. The van der Waals surface area contributed by atoms with E-state index in [4.69, 9.17) is 44.9 Å². The van der Waals surface area contributed by atoms with Gasteiger partial charge in [0, 0.05) is 133 Å². The summed E-state index contributed by atoms with van der Waals surface area (Å²) in [5.74, 6) is 5.68. The van der Waals surface area contributed by atoms with Gasteiger partial charge in [0.25, 0.3) is 0 Å². The summed E-state index contributed by atoms with van der Waals surface area (Å²) in [5, 5.41) is 15.0. The van der Waals surface area contributed by atoms with Gasteiger partial charge in [0.05, 0.1) is 49.2 Å². The number of hydrogen-bond acceptors (Lipinski definition) is 12. The Labute approximate surface area is 874 Å². The van der Waals surface area contributed by atoms with Gasteiger partial charge < -0.3 is 9.13 Å². The maximum Gasteiger partial charge on any atom is 0.238 e. The van der Waals surface area contributed by atoms with Crippen molar-refractivity contribution in [2.24, 2.45) is 0 Å². The first kappa shape index (κ1) is 88.4. The van der Waals surface area contributed by atoms with Gasteiger partial charge in [-0.1, -0.05) is 425 Å². The van der Waals surface area contributed by atoms with Gasteiger partial charge in [-0.25, -0.2) is 34.9 Å². The Morgan fingerprint density at radius 2 is 0.493 bits per heavy atom. The van der Waals surface area contributed by atoms with Crippen molar-refractivity contribution < 1.29 is 0 Å². The summed E-state index contributed by atoms with van der Waals surface area (Å²) >= 11 is 5.54. The van der Waals surface area contributed by atoms with Gasteiger partial charge in [0.2, 0.25) is 5.95 Å². The highest BCUT2D eigenvalue weighted by atomic mass is 32.1. The van der Waals surface area contributed by atoms with Crippen LogP contribution >= 0.6 is 34.0 Å². The first-order chi connectivity index (χ1) is 74.4. The molecule has 0 fully saturated rings. The molecular formula is C135H84N12S3. The lowest BCUT2D eigenvalue weighted by Crippen LogP contribution is -2.06. The molecule has 30 aromatic rings. The Kier molecular flexibility index (Phi) is 22.2. The van der Waals surface area contributed by atoms with Crippen LogP contribution in [-0.4, -0.2) is 58.6 Å². The van der Waals surface area contributed by atoms with E-state index in [1.165, 1.54) is 115 Å². The molecule has 9 aromatic heterocycles. The van der Waals surface area contributed by atoms with Crippen molar-refractivity contribution in [3.05, 3.63) is 510 Å². The summed E-state index contributed by atoms with van der Waals surface area (Å²) < 4.78 is 14.7. The summed E-state index contributed by atoms with van der Waals surface area (Å²) in [6, 6.07) is 179. The van der Waals surface area contributed by atoms with Crippen LogP contribution in [0.15, 0.2) is 510 Å². The van der Waals surface area contributed by atoms with Crippen molar-refractivity contribution in [1.29, 1.82) is 0 Å². The molecule has 0 aliphatic carbocycles. The molecule has 0 saturated heterocycles. The minimum atomic E-state index is 0.598. The second-order valence-electron chi connectivity index (χ2n) is 37.3. The van der Waals surface area contributed by atoms with E-state index in [9.17, 15) is 0 Å². The van der Waals surface area contributed by atoms with Gasteiger partial charge in [0.15, 0.2) is 46.6 Å². The third kappa shape index (κ3) is 15.9. The molecular weight excluding hydrogens is 1890 g/mol. The fourth-order valence-corrected chi connectivity index (χ4v) is 25.0. The molecule has 0 radical (unpaired) electrons. The van der Waals surface area contributed by atoms with Gasteiger partial charge in [-0.15, -0.1) is 34.0 Å². The van der Waals surface area contributed by atoms with Crippen molar-refractivity contribution in [3.63, 3.8) is 0 Å². The fourth-order valence-electron chi connectivity index (χ4n) is 21.4. The fraction of sp³-hybridized carbons (Fsp3) is 0. The monoisotopic (exact) mass is 1970 g/mol. The molecule has 9 heterocycles. The largest absolute Gasteiger partial charge is 0.308 e. The van der Waals surface area contributed by atoms with E-state index >= 15 is 0 Å². The molecule has 0 aliphatic rings. The number of aromatic nitrogens is 12. The molecule has 12 nitrogen and oxygen atoms in total. The molecule has 21 aromatic carbocycles. The van der Waals surface area contributed by atoms with E-state index in [0.717, 1.165) is 111 Å². The predicted molar refractivity (Wildman–Crippen MR) is 626 cm³/mol. The molecule has 0 bridgehead atoms. The van der Waals surface area contributed by atoms with E-state index in [2.05, 4.69) is 450 Å². The second-order valence-corrected chi connectivity index (χ2v) is 40.5. The highest BCUT2D eigenvalue weighted by Crippen LogP contribution is 2.50. The van der Waals surface area contributed by atoms with Gasteiger partial charge in [0.1, 0.15) is 0 Å². The van der Waals surface area contributed by atoms with Crippen molar-refractivity contribution in [2.45, 2.75) is 0 Å². The molecule has 15 heteroatoms. The minimum Gasteiger partial charge on any atom is -0.308 e. The molecule has 0 atom stereocenters. The van der Waals surface area contributed by atoms with Crippen LogP contribution < -0.4 is 0 Å². The molecule has 702 valence electrons. The average molecular weight is 1970 g/mol. The van der Waals surface area contributed by atoms with Crippen molar-refractivity contribution >= 4 is 160 Å². The Morgan fingerprint density at radius 3 is 1.04 bits per heavy atom. The lowest BCUT2D eigenvalue weighted by Gasteiger charge is -2.15. The van der Waals surface area contributed by atoms with Crippen LogP contribution in [0.4, 0.5) is 0 Å². The number of thiophene rings is 3. The lowest BCUT2D eigenvalue weighted by molar-refractivity contribution is 0.955. The topological polar surface area (TPSA) is 131 Å². The quantitative estimate of drug-likeness (QED) is 0.0984.